The molecule has 1 aliphatic carbocycles. The molecule has 31 heavy (non-hydrogen) atoms. The van der Waals surface area contributed by atoms with Crippen molar-refractivity contribution in [3.05, 3.63) is 54.4 Å². The van der Waals surface area contributed by atoms with Crippen LogP contribution in [-0.4, -0.2) is 39.8 Å². The zero-order valence-corrected chi connectivity index (χ0v) is 18.4. The number of hydrogen-bond acceptors (Lipinski definition) is 7. The molecule has 1 aliphatic rings. The summed E-state index contributed by atoms with van der Waals surface area (Å²) in [5.41, 5.74) is 1.73. The molecule has 0 radical (unpaired) electrons. The number of rotatable bonds is 8. The molecule has 4 rings (SSSR count). The molecule has 1 fully saturated rings. The van der Waals surface area contributed by atoms with Crippen molar-refractivity contribution in [3.8, 4) is 11.4 Å². The van der Waals surface area contributed by atoms with E-state index in [1.54, 1.807) is 24.5 Å². The Morgan fingerprint density at radius 2 is 1.87 bits per heavy atom. The Balaban J connectivity index is 1.39. The van der Waals surface area contributed by atoms with E-state index in [1.165, 1.54) is 23.9 Å². The van der Waals surface area contributed by atoms with Gasteiger partial charge in [-0.05, 0) is 49.6 Å². The third-order valence-corrected chi connectivity index (χ3v) is 6.81. The smallest absolute Gasteiger partial charge is 0.238 e. The summed E-state index contributed by atoms with van der Waals surface area (Å²) in [6.07, 6.45) is 5.58. The Morgan fingerprint density at radius 3 is 2.48 bits per heavy atom. The van der Waals surface area contributed by atoms with Crippen molar-refractivity contribution in [1.29, 1.82) is 0 Å². The fourth-order valence-corrected chi connectivity index (χ4v) is 4.51. The van der Waals surface area contributed by atoms with Gasteiger partial charge >= 0.3 is 0 Å². The van der Waals surface area contributed by atoms with Gasteiger partial charge in [0.1, 0.15) is 0 Å². The minimum atomic E-state index is -3.74. The summed E-state index contributed by atoms with van der Waals surface area (Å²) in [6.45, 7) is 1.84. The van der Waals surface area contributed by atoms with Gasteiger partial charge in [-0.15, -0.1) is 10.2 Å². The maximum atomic E-state index is 12.5. The number of primary sulfonamides is 1. The first-order valence-electron chi connectivity index (χ1n) is 9.73. The molecule has 0 saturated heterocycles. The molecule has 1 atom stereocenters. The lowest BCUT2D eigenvalue weighted by molar-refractivity contribution is -0.119. The minimum Gasteiger partial charge on any atom is -0.349 e. The van der Waals surface area contributed by atoms with Crippen molar-refractivity contribution in [1.82, 2.24) is 25.1 Å². The van der Waals surface area contributed by atoms with E-state index in [0.717, 1.165) is 34.9 Å². The van der Waals surface area contributed by atoms with E-state index < -0.39 is 10.0 Å². The average molecular weight is 459 g/mol. The maximum Gasteiger partial charge on any atom is 0.238 e. The standard InChI is InChI=1S/C20H22N6O3S2/c1-13(14-2-6-17(7-3-14)31(21,28)29)23-18(27)12-30-20-25-24-19(26(20)16-4-5-16)15-8-10-22-11-9-15/h2-3,6-11,13,16H,4-5,12H2,1H3,(H,23,27)(H2,21,28,29)/t13-/m1/s1. The molecule has 1 aromatic carbocycles. The molecule has 9 nitrogen and oxygen atoms in total. The van der Waals surface area contributed by atoms with E-state index in [4.69, 9.17) is 5.14 Å². The van der Waals surface area contributed by atoms with Crippen LogP contribution in [0.4, 0.5) is 0 Å². The second-order valence-electron chi connectivity index (χ2n) is 7.34. The van der Waals surface area contributed by atoms with Crippen LogP contribution in [0.25, 0.3) is 11.4 Å². The predicted molar refractivity (Wildman–Crippen MR) is 117 cm³/mol. The lowest BCUT2D eigenvalue weighted by atomic mass is 10.1. The van der Waals surface area contributed by atoms with Crippen LogP contribution in [0.2, 0.25) is 0 Å². The fraction of sp³-hybridized carbons (Fsp3) is 0.300. The van der Waals surface area contributed by atoms with Crippen molar-refractivity contribution in [2.45, 2.75) is 41.9 Å². The van der Waals surface area contributed by atoms with Gasteiger partial charge in [0.2, 0.25) is 15.9 Å². The van der Waals surface area contributed by atoms with Crippen LogP contribution in [0.15, 0.2) is 58.8 Å². The highest BCUT2D eigenvalue weighted by atomic mass is 32.2. The van der Waals surface area contributed by atoms with E-state index in [9.17, 15) is 13.2 Å². The molecule has 2 aromatic heterocycles. The normalized spacial score (nSPS) is 14.9. The number of carbonyl (C=O) groups excluding carboxylic acids is 1. The van der Waals surface area contributed by atoms with Crippen molar-refractivity contribution < 1.29 is 13.2 Å². The van der Waals surface area contributed by atoms with Crippen LogP contribution in [0, 0.1) is 0 Å². The summed E-state index contributed by atoms with van der Waals surface area (Å²) in [5, 5.41) is 17.4. The third-order valence-electron chi connectivity index (χ3n) is 4.93. The van der Waals surface area contributed by atoms with Gasteiger partial charge in [0.05, 0.1) is 16.7 Å². The Morgan fingerprint density at radius 1 is 1.19 bits per heavy atom. The Labute approximate surface area is 184 Å². The van der Waals surface area contributed by atoms with Crippen LogP contribution in [-0.2, 0) is 14.8 Å². The van der Waals surface area contributed by atoms with Crippen LogP contribution >= 0.6 is 11.8 Å². The van der Waals surface area contributed by atoms with Crippen molar-refractivity contribution in [3.63, 3.8) is 0 Å². The van der Waals surface area contributed by atoms with Gasteiger partial charge in [-0.3, -0.25) is 14.3 Å². The molecule has 0 bridgehead atoms. The number of hydrogen-bond donors (Lipinski definition) is 2. The zero-order valence-electron chi connectivity index (χ0n) is 16.8. The fourth-order valence-electron chi connectivity index (χ4n) is 3.18. The Bertz CT molecular complexity index is 1180. The van der Waals surface area contributed by atoms with Crippen LogP contribution < -0.4 is 10.5 Å². The van der Waals surface area contributed by atoms with Gasteiger partial charge in [0.15, 0.2) is 11.0 Å². The molecule has 0 aliphatic heterocycles. The number of aromatic nitrogens is 4. The molecule has 3 N–H and O–H groups in total. The first kappa shape index (κ1) is 21.5. The first-order chi connectivity index (χ1) is 14.8. The van der Waals surface area contributed by atoms with Gasteiger partial charge in [-0.1, -0.05) is 23.9 Å². The van der Waals surface area contributed by atoms with Crippen LogP contribution in [0.3, 0.4) is 0 Å². The number of carbonyl (C=O) groups is 1. The molecular weight excluding hydrogens is 436 g/mol. The third kappa shape index (κ3) is 5.12. The van der Waals surface area contributed by atoms with Crippen molar-refractivity contribution in [2.75, 3.05) is 5.75 Å². The molecule has 1 amide bonds. The highest BCUT2D eigenvalue weighted by Gasteiger charge is 2.30. The largest absolute Gasteiger partial charge is 0.349 e. The second-order valence-corrected chi connectivity index (χ2v) is 9.84. The zero-order chi connectivity index (χ0) is 22.0. The Kier molecular flexibility index (Phi) is 6.08. The van der Waals surface area contributed by atoms with Gasteiger partial charge in [-0.2, -0.15) is 0 Å². The van der Waals surface area contributed by atoms with Gasteiger partial charge < -0.3 is 5.32 Å². The number of benzene rings is 1. The van der Waals surface area contributed by atoms with Gasteiger partial charge in [0.25, 0.3) is 0 Å². The SMILES string of the molecule is C[C@@H](NC(=O)CSc1nnc(-c2ccncc2)n1C1CC1)c1ccc(S(N)(=O)=O)cc1. The quantitative estimate of drug-likeness (QED) is 0.495. The number of sulfonamides is 1. The van der Waals surface area contributed by atoms with E-state index >= 15 is 0 Å². The van der Waals surface area contributed by atoms with Crippen molar-refractivity contribution >= 4 is 27.7 Å². The second kappa shape index (κ2) is 8.77. The highest BCUT2D eigenvalue weighted by molar-refractivity contribution is 7.99. The number of nitrogens with one attached hydrogen (secondary N) is 1. The van der Waals surface area contributed by atoms with E-state index in [2.05, 4.69) is 25.1 Å². The van der Waals surface area contributed by atoms with Crippen molar-refractivity contribution in [2.24, 2.45) is 5.14 Å². The number of nitrogens with two attached hydrogens (primary N) is 1. The lowest BCUT2D eigenvalue weighted by Crippen LogP contribution is -2.28. The molecule has 0 spiro atoms. The van der Waals surface area contributed by atoms with Gasteiger partial charge in [0, 0.05) is 24.0 Å². The highest BCUT2D eigenvalue weighted by Crippen LogP contribution is 2.40. The summed E-state index contributed by atoms with van der Waals surface area (Å²) in [7, 11) is -3.74. The first-order valence-corrected chi connectivity index (χ1v) is 12.3. The summed E-state index contributed by atoms with van der Waals surface area (Å²) < 4.78 is 24.8. The molecule has 3 aromatic rings. The average Bonchev–Trinajstić information content (AvgIpc) is 3.51. The lowest BCUT2D eigenvalue weighted by Gasteiger charge is -2.15. The van der Waals surface area contributed by atoms with Crippen LogP contribution in [0.1, 0.15) is 37.4 Å². The van der Waals surface area contributed by atoms with E-state index in [1.807, 2.05) is 19.1 Å². The van der Waals surface area contributed by atoms with E-state index in [0.29, 0.717) is 6.04 Å². The minimum absolute atomic E-state index is 0.0368. The molecule has 1 saturated carbocycles. The monoisotopic (exact) mass is 458 g/mol. The Hall–Kier alpha value is -2.76. The number of nitrogens with zero attached hydrogens (tertiary/aromatic N) is 4. The summed E-state index contributed by atoms with van der Waals surface area (Å²) in [4.78, 5) is 16.6. The van der Waals surface area contributed by atoms with Gasteiger partial charge in [-0.25, -0.2) is 13.6 Å². The summed E-state index contributed by atoms with van der Waals surface area (Å²) in [5.74, 6) is 0.834. The number of amides is 1. The summed E-state index contributed by atoms with van der Waals surface area (Å²) >= 11 is 1.35. The number of thioether (sulfide) groups is 1. The molecule has 2 heterocycles. The predicted octanol–water partition coefficient (Wildman–Crippen LogP) is 2.29. The van der Waals surface area contributed by atoms with E-state index in [-0.39, 0.29) is 22.6 Å². The molecule has 0 unspecified atom stereocenters. The summed E-state index contributed by atoms with van der Waals surface area (Å²) in [6, 6.07) is 10.0. The van der Waals surface area contributed by atoms with Crippen LogP contribution in [0.5, 0.6) is 0 Å². The molecule has 162 valence electrons. The molecular formula is C20H22N6O3S2. The topological polar surface area (TPSA) is 133 Å². The molecule has 11 heteroatoms. The number of pyridine rings is 1. The maximum absolute atomic E-state index is 12.5.